The summed E-state index contributed by atoms with van der Waals surface area (Å²) in [5, 5.41) is 0. The molecule has 0 aliphatic carbocycles. The van der Waals surface area contributed by atoms with Crippen molar-refractivity contribution in [3.8, 4) is 5.75 Å². The van der Waals surface area contributed by atoms with Gasteiger partial charge in [-0.1, -0.05) is 6.07 Å². The van der Waals surface area contributed by atoms with Gasteiger partial charge < -0.3 is 20.3 Å². The van der Waals surface area contributed by atoms with Crippen molar-refractivity contribution >= 4 is 5.69 Å². The maximum atomic E-state index is 6.18. The third-order valence-electron chi connectivity index (χ3n) is 4.30. The third kappa shape index (κ3) is 3.89. The maximum Gasteiger partial charge on any atom is 0.125 e. The molecule has 1 heterocycles. The number of hydrogen-bond donors (Lipinski definition) is 1. The molecule has 0 spiro atoms. The second kappa shape index (κ2) is 7.14. The maximum absolute atomic E-state index is 6.18. The quantitative estimate of drug-likeness (QED) is 0.905. The molecular formula is C17H29N3O. The van der Waals surface area contributed by atoms with Gasteiger partial charge in [0, 0.05) is 36.9 Å². The van der Waals surface area contributed by atoms with Gasteiger partial charge in [-0.3, -0.25) is 0 Å². The van der Waals surface area contributed by atoms with Crippen molar-refractivity contribution in [1.82, 2.24) is 4.90 Å². The number of nitrogens with zero attached hydrogens (tertiary/aromatic N) is 2. The van der Waals surface area contributed by atoms with Crippen LogP contribution in [-0.4, -0.2) is 45.7 Å². The Morgan fingerprint density at radius 2 is 2.00 bits per heavy atom. The van der Waals surface area contributed by atoms with E-state index in [9.17, 15) is 0 Å². The number of rotatable bonds is 5. The van der Waals surface area contributed by atoms with Gasteiger partial charge in [0.2, 0.25) is 0 Å². The Balaban J connectivity index is 2.13. The van der Waals surface area contributed by atoms with Gasteiger partial charge in [-0.15, -0.1) is 0 Å². The van der Waals surface area contributed by atoms with Crippen LogP contribution in [0.2, 0.25) is 0 Å². The zero-order chi connectivity index (χ0) is 15.4. The lowest BCUT2D eigenvalue weighted by Gasteiger charge is -2.36. The number of hydrogen-bond acceptors (Lipinski definition) is 4. The first-order valence-corrected chi connectivity index (χ1v) is 7.85. The lowest BCUT2D eigenvalue weighted by atomic mass is 9.94. The average molecular weight is 291 g/mol. The molecule has 0 aromatic heterocycles. The molecule has 2 rings (SSSR count). The summed E-state index contributed by atoms with van der Waals surface area (Å²) in [5.74, 6) is 1.71. The second-order valence-corrected chi connectivity index (χ2v) is 6.37. The molecule has 1 aromatic rings. The van der Waals surface area contributed by atoms with Crippen molar-refractivity contribution in [1.29, 1.82) is 0 Å². The average Bonchev–Trinajstić information content (AvgIpc) is 2.46. The van der Waals surface area contributed by atoms with E-state index in [1.54, 1.807) is 7.11 Å². The van der Waals surface area contributed by atoms with Crippen LogP contribution in [0.5, 0.6) is 5.75 Å². The lowest BCUT2D eigenvalue weighted by Crippen LogP contribution is -2.37. The molecule has 21 heavy (non-hydrogen) atoms. The summed E-state index contributed by atoms with van der Waals surface area (Å²) in [4.78, 5) is 4.76. The molecule has 0 saturated carbocycles. The Labute approximate surface area is 128 Å². The Bertz CT molecular complexity index is 451. The van der Waals surface area contributed by atoms with Crippen molar-refractivity contribution in [2.24, 2.45) is 11.7 Å². The standard InChI is InChI=1S/C17H29N3O/c1-13(18)17-15(6-5-7-16(17)21-4)20-10-8-14(9-11-20)12-19(2)3/h5-7,13-14H,8-12,18H2,1-4H3. The monoisotopic (exact) mass is 291 g/mol. The van der Waals surface area contributed by atoms with Crippen LogP contribution >= 0.6 is 0 Å². The lowest BCUT2D eigenvalue weighted by molar-refractivity contribution is 0.285. The summed E-state index contributed by atoms with van der Waals surface area (Å²) in [5.41, 5.74) is 8.55. The predicted octanol–water partition coefficient (Wildman–Crippen LogP) is 2.49. The fraction of sp³-hybridized carbons (Fsp3) is 0.647. The first-order valence-electron chi connectivity index (χ1n) is 7.85. The Morgan fingerprint density at radius 3 is 2.52 bits per heavy atom. The molecule has 1 unspecified atom stereocenters. The van der Waals surface area contributed by atoms with E-state index in [2.05, 4.69) is 36.0 Å². The molecule has 4 nitrogen and oxygen atoms in total. The van der Waals surface area contributed by atoms with Crippen molar-refractivity contribution in [2.75, 3.05) is 45.7 Å². The molecule has 0 amide bonds. The Kier molecular flexibility index (Phi) is 5.48. The van der Waals surface area contributed by atoms with Crippen molar-refractivity contribution < 1.29 is 4.74 Å². The van der Waals surface area contributed by atoms with Crippen LogP contribution < -0.4 is 15.4 Å². The smallest absolute Gasteiger partial charge is 0.125 e. The summed E-state index contributed by atoms with van der Waals surface area (Å²) in [6, 6.07) is 6.22. The minimum atomic E-state index is -0.0179. The Morgan fingerprint density at radius 1 is 1.33 bits per heavy atom. The van der Waals surface area contributed by atoms with Crippen molar-refractivity contribution in [3.05, 3.63) is 23.8 Å². The summed E-state index contributed by atoms with van der Waals surface area (Å²) in [7, 11) is 6.03. The van der Waals surface area contributed by atoms with Crippen molar-refractivity contribution in [2.45, 2.75) is 25.8 Å². The molecule has 118 valence electrons. The molecule has 1 aliphatic heterocycles. The van der Waals surface area contributed by atoms with Crippen LogP contribution in [0.15, 0.2) is 18.2 Å². The summed E-state index contributed by atoms with van der Waals surface area (Å²) >= 11 is 0. The molecule has 1 aromatic carbocycles. The summed E-state index contributed by atoms with van der Waals surface area (Å²) < 4.78 is 5.50. The molecule has 1 saturated heterocycles. The molecular weight excluding hydrogens is 262 g/mol. The fourth-order valence-corrected chi connectivity index (χ4v) is 3.32. The van der Waals surface area contributed by atoms with Crippen molar-refractivity contribution in [3.63, 3.8) is 0 Å². The van der Waals surface area contributed by atoms with E-state index in [0.717, 1.165) is 30.3 Å². The van der Waals surface area contributed by atoms with Gasteiger partial charge in [-0.25, -0.2) is 0 Å². The number of ether oxygens (including phenoxy) is 1. The topological polar surface area (TPSA) is 41.7 Å². The molecule has 2 N–H and O–H groups in total. The largest absolute Gasteiger partial charge is 0.496 e. The van der Waals surface area contributed by atoms with E-state index in [0.29, 0.717) is 0 Å². The van der Waals surface area contributed by atoms with E-state index in [4.69, 9.17) is 10.5 Å². The molecule has 1 fully saturated rings. The van der Waals surface area contributed by atoms with Gasteiger partial charge in [0.15, 0.2) is 0 Å². The van der Waals surface area contributed by atoms with Gasteiger partial charge in [0.1, 0.15) is 5.75 Å². The minimum Gasteiger partial charge on any atom is -0.496 e. The van der Waals surface area contributed by atoms with Gasteiger partial charge in [-0.05, 0) is 51.9 Å². The molecule has 1 atom stereocenters. The highest BCUT2D eigenvalue weighted by Crippen LogP contribution is 2.35. The van der Waals surface area contributed by atoms with E-state index < -0.39 is 0 Å². The molecule has 0 bridgehead atoms. The normalized spacial score (nSPS) is 18.1. The zero-order valence-corrected chi connectivity index (χ0v) is 13.8. The molecule has 0 radical (unpaired) electrons. The summed E-state index contributed by atoms with van der Waals surface area (Å²) in [6.45, 7) is 5.42. The number of nitrogens with two attached hydrogens (primary N) is 1. The number of piperidine rings is 1. The van der Waals surface area contributed by atoms with Gasteiger partial charge in [0.05, 0.1) is 7.11 Å². The first kappa shape index (κ1) is 16.1. The third-order valence-corrected chi connectivity index (χ3v) is 4.30. The zero-order valence-electron chi connectivity index (χ0n) is 13.8. The van der Waals surface area contributed by atoms with Gasteiger partial charge >= 0.3 is 0 Å². The van der Waals surface area contributed by atoms with Crippen LogP contribution in [0.1, 0.15) is 31.4 Å². The first-order chi connectivity index (χ1) is 10.0. The highest BCUT2D eigenvalue weighted by atomic mass is 16.5. The molecule has 4 heteroatoms. The van der Waals surface area contributed by atoms with Crippen LogP contribution in [0.4, 0.5) is 5.69 Å². The fourth-order valence-electron chi connectivity index (χ4n) is 3.32. The predicted molar refractivity (Wildman–Crippen MR) is 89.1 cm³/mol. The summed E-state index contributed by atoms with van der Waals surface area (Å²) in [6.07, 6.45) is 2.49. The molecule has 1 aliphatic rings. The Hall–Kier alpha value is -1.26. The number of anilines is 1. The number of methoxy groups -OCH3 is 1. The van der Waals surface area contributed by atoms with E-state index in [1.165, 1.54) is 25.1 Å². The van der Waals surface area contributed by atoms with Gasteiger partial charge in [-0.2, -0.15) is 0 Å². The van der Waals surface area contributed by atoms with E-state index >= 15 is 0 Å². The van der Waals surface area contributed by atoms with E-state index in [-0.39, 0.29) is 6.04 Å². The van der Waals surface area contributed by atoms with Gasteiger partial charge in [0.25, 0.3) is 0 Å². The van der Waals surface area contributed by atoms with Crippen LogP contribution in [0.3, 0.4) is 0 Å². The highest BCUT2D eigenvalue weighted by Gasteiger charge is 2.23. The van der Waals surface area contributed by atoms with Crippen LogP contribution in [-0.2, 0) is 0 Å². The van der Waals surface area contributed by atoms with E-state index in [1.807, 2.05) is 13.0 Å². The highest BCUT2D eigenvalue weighted by molar-refractivity contribution is 5.61. The SMILES string of the molecule is COc1cccc(N2CCC(CN(C)C)CC2)c1C(C)N. The number of benzene rings is 1. The van der Waals surface area contributed by atoms with Crippen LogP contribution in [0, 0.1) is 5.92 Å². The van der Waals surface area contributed by atoms with Crippen LogP contribution in [0.25, 0.3) is 0 Å². The second-order valence-electron chi connectivity index (χ2n) is 6.37. The minimum absolute atomic E-state index is 0.0179.